The highest BCUT2D eigenvalue weighted by molar-refractivity contribution is 5.58. The summed E-state index contributed by atoms with van der Waals surface area (Å²) in [7, 11) is 0. The van der Waals surface area contributed by atoms with Crippen molar-refractivity contribution in [3.63, 3.8) is 0 Å². The normalized spacial score (nSPS) is 23.2. The number of aliphatic hydroxyl groups is 1. The van der Waals surface area contributed by atoms with Crippen LogP contribution in [0.2, 0.25) is 0 Å². The standard InChI is InChI=1S/C6H12N2O/c1-6(2)3-7-4-8(6)5-9/h4,9H,3,5H2,1-2H3. The van der Waals surface area contributed by atoms with Crippen LogP contribution < -0.4 is 0 Å². The first kappa shape index (κ1) is 6.55. The van der Waals surface area contributed by atoms with Gasteiger partial charge in [0.25, 0.3) is 0 Å². The van der Waals surface area contributed by atoms with Crippen LogP contribution in [0.3, 0.4) is 0 Å². The van der Waals surface area contributed by atoms with Crippen LogP contribution in [-0.2, 0) is 0 Å². The molecule has 1 heterocycles. The maximum Gasteiger partial charge on any atom is 0.117 e. The minimum atomic E-state index is 0.0226. The molecule has 3 nitrogen and oxygen atoms in total. The second-order valence-corrected chi connectivity index (χ2v) is 2.88. The summed E-state index contributed by atoms with van der Waals surface area (Å²) in [5.41, 5.74) is 0.0226. The zero-order valence-corrected chi connectivity index (χ0v) is 5.83. The number of hydrogen-bond donors (Lipinski definition) is 1. The molecular formula is C6H12N2O. The second-order valence-electron chi connectivity index (χ2n) is 2.88. The summed E-state index contributed by atoms with van der Waals surface area (Å²) in [6.45, 7) is 4.95. The summed E-state index contributed by atoms with van der Waals surface area (Å²) in [6, 6.07) is 0. The van der Waals surface area contributed by atoms with Crippen LogP contribution in [0.25, 0.3) is 0 Å². The molecule has 52 valence electrons. The highest BCUT2D eigenvalue weighted by Gasteiger charge is 2.27. The third-order valence-electron chi connectivity index (χ3n) is 1.63. The Bertz CT molecular complexity index is 131. The fraction of sp³-hybridized carbons (Fsp3) is 0.833. The average Bonchev–Trinajstić information content (AvgIpc) is 2.08. The first-order chi connectivity index (χ1) is 4.17. The number of aliphatic hydroxyl groups excluding tert-OH is 1. The van der Waals surface area contributed by atoms with Crippen molar-refractivity contribution < 1.29 is 5.11 Å². The van der Waals surface area contributed by atoms with Crippen LogP contribution in [0.1, 0.15) is 13.8 Å². The lowest BCUT2D eigenvalue weighted by Gasteiger charge is -2.28. The topological polar surface area (TPSA) is 35.8 Å². The van der Waals surface area contributed by atoms with Gasteiger partial charge in [-0.1, -0.05) is 0 Å². The predicted molar refractivity (Wildman–Crippen MR) is 36.4 cm³/mol. The van der Waals surface area contributed by atoms with Crippen molar-refractivity contribution >= 4 is 6.34 Å². The van der Waals surface area contributed by atoms with E-state index in [-0.39, 0.29) is 12.3 Å². The molecule has 0 saturated carbocycles. The third kappa shape index (κ3) is 1.05. The van der Waals surface area contributed by atoms with Gasteiger partial charge in [0.15, 0.2) is 0 Å². The molecule has 1 N–H and O–H groups in total. The second kappa shape index (κ2) is 1.99. The van der Waals surface area contributed by atoms with Crippen LogP contribution in [0.4, 0.5) is 0 Å². The monoisotopic (exact) mass is 128 g/mol. The Hall–Kier alpha value is -0.570. The maximum atomic E-state index is 8.74. The first-order valence-corrected chi connectivity index (χ1v) is 3.04. The molecule has 0 aliphatic carbocycles. The van der Waals surface area contributed by atoms with Crippen molar-refractivity contribution in [2.75, 3.05) is 13.3 Å². The van der Waals surface area contributed by atoms with Crippen molar-refractivity contribution in [3.8, 4) is 0 Å². The molecule has 0 fully saturated rings. The summed E-state index contributed by atoms with van der Waals surface area (Å²) >= 11 is 0. The predicted octanol–water partition coefficient (Wildman–Crippen LogP) is 0.0587. The van der Waals surface area contributed by atoms with Crippen LogP contribution >= 0.6 is 0 Å². The van der Waals surface area contributed by atoms with Crippen molar-refractivity contribution in [3.05, 3.63) is 0 Å². The molecule has 0 amide bonds. The lowest BCUT2D eigenvalue weighted by atomic mass is 10.1. The van der Waals surface area contributed by atoms with Crippen molar-refractivity contribution in [1.82, 2.24) is 4.90 Å². The fourth-order valence-electron chi connectivity index (χ4n) is 0.838. The molecule has 1 aliphatic heterocycles. The molecule has 1 aliphatic rings. The minimum Gasteiger partial charge on any atom is -0.376 e. The summed E-state index contributed by atoms with van der Waals surface area (Å²) in [6.07, 6.45) is 1.69. The van der Waals surface area contributed by atoms with Crippen LogP contribution in [0, 0.1) is 0 Å². The summed E-state index contributed by atoms with van der Waals surface area (Å²) < 4.78 is 0. The lowest BCUT2D eigenvalue weighted by Crippen LogP contribution is -2.41. The zero-order valence-electron chi connectivity index (χ0n) is 5.83. The highest BCUT2D eigenvalue weighted by atomic mass is 16.3. The molecule has 0 radical (unpaired) electrons. The molecule has 0 aromatic heterocycles. The van der Waals surface area contributed by atoms with Gasteiger partial charge in [-0.2, -0.15) is 0 Å². The van der Waals surface area contributed by atoms with Crippen molar-refractivity contribution in [2.24, 2.45) is 4.99 Å². The van der Waals surface area contributed by atoms with E-state index in [4.69, 9.17) is 5.11 Å². The van der Waals surface area contributed by atoms with Gasteiger partial charge in [0.05, 0.1) is 18.4 Å². The van der Waals surface area contributed by atoms with Gasteiger partial charge >= 0.3 is 0 Å². The van der Waals surface area contributed by atoms with Gasteiger partial charge < -0.3 is 10.0 Å². The molecule has 0 aromatic carbocycles. The molecule has 3 heteroatoms. The Balaban J connectivity index is 2.60. The van der Waals surface area contributed by atoms with Gasteiger partial charge in [-0.3, -0.25) is 4.99 Å². The molecule has 0 unspecified atom stereocenters. The number of hydrogen-bond acceptors (Lipinski definition) is 3. The Morgan fingerprint density at radius 1 is 1.78 bits per heavy atom. The van der Waals surface area contributed by atoms with E-state index in [1.54, 1.807) is 6.34 Å². The number of rotatable bonds is 1. The molecule has 0 saturated heterocycles. The average molecular weight is 128 g/mol. The highest BCUT2D eigenvalue weighted by Crippen LogP contribution is 2.16. The minimum absolute atomic E-state index is 0.0226. The van der Waals surface area contributed by atoms with Crippen LogP contribution in [0.5, 0.6) is 0 Å². The lowest BCUT2D eigenvalue weighted by molar-refractivity contribution is 0.111. The van der Waals surface area contributed by atoms with E-state index >= 15 is 0 Å². The van der Waals surface area contributed by atoms with E-state index in [1.165, 1.54) is 0 Å². The van der Waals surface area contributed by atoms with Gasteiger partial charge in [0, 0.05) is 0 Å². The summed E-state index contributed by atoms with van der Waals surface area (Å²) in [4.78, 5) is 5.84. The molecule has 0 aromatic rings. The van der Waals surface area contributed by atoms with Crippen molar-refractivity contribution in [1.29, 1.82) is 0 Å². The zero-order chi connectivity index (χ0) is 6.91. The molecule has 1 rings (SSSR count). The SMILES string of the molecule is CC1(C)CN=CN1CO. The number of nitrogens with zero attached hydrogens (tertiary/aromatic N) is 2. The summed E-state index contributed by atoms with van der Waals surface area (Å²) in [5.74, 6) is 0. The largest absolute Gasteiger partial charge is 0.376 e. The molecular weight excluding hydrogens is 116 g/mol. The smallest absolute Gasteiger partial charge is 0.117 e. The Morgan fingerprint density at radius 2 is 2.44 bits per heavy atom. The van der Waals surface area contributed by atoms with E-state index in [0.717, 1.165) is 6.54 Å². The number of aliphatic imine (C=N–C) groups is 1. The summed E-state index contributed by atoms with van der Waals surface area (Å²) in [5, 5.41) is 8.74. The van der Waals surface area contributed by atoms with Gasteiger partial charge in [0.2, 0.25) is 0 Å². The van der Waals surface area contributed by atoms with E-state index in [2.05, 4.69) is 18.8 Å². The van der Waals surface area contributed by atoms with Gasteiger partial charge in [-0.05, 0) is 13.8 Å². The van der Waals surface area contributed by atoms with Gasteiger partial charge in [-0.25, -0.2) is 0 Å². The molecule has 9 heavy (non-hydrogen) atoms. The Morgan fingerprint density at radius 3 is 2.67 bits per heavy atom. The van der Waals surface area contributed by atoms with E-state index in [1.807, 2.05) is 4.90 Å². The van der Waals surface area contributed by atoms with Crippen LogP contribution in [0.15, 0.2) is 4.99 Å². The van der Waals surface area contributed by atoms with Gasteiger partial charge in [0.1, 0.15) is 6.73 Å². The van der Waals surface area contributed by atoms with Crippen molar-refractivity contribution in [2.45, 2.75) is 19.4 Å². The van der Waals surface area contributed by atoms with Gasteiger partial charge in [-0.15, -0.1) is 0 Å². The fourth-order valence-corrected chi connectivity index (χ4v) is 0.838. The van der Waals surface area contributed by atoms with E-state index < -0.39 is 0 Å². The maximum absolute atomic E-state index is 8.74. The first-order valence-electron chi connectivity index (χ1n) is 3.04. The Labute approximate surface area is 55.0 Å². The van der Waals surface area contributed by atoms with E-state index in [0.29, 0.717) is 0 Å². The van der Waals surface area contributed by atoms with Crippen LogP contribution in [-0.4, -0.2) is 35.2 Å². The van der Waals surface area contributed by atoms with E-state index in [9.17, 15) is 0 Å². The quantitative estimate of drug-likeness (QED) is 0.542. The molecule has 0 spiro atoms. The third-order valence-corrected chi connectivity index (χ3v) is 1.63. The Kier molecular flexibility index (Phi) is 1.45. The molecule has 0 bridgehead atoms. The molecule has 0 atom stereocenters.